The molecule has 2 bridgehead atoms. The van der Waals surface area contributed by atoms with Crippen LogP contribution in [0.25, 0.3) is 22.1 Å². The summed E-state index contributed by atoms with van der Waals surface area (Å²) >= 11 is 0. The number of aromatic nitrogens is 1. The summed E-state index contributed by atoms with van der Waals surface area (Å²) in [5.41, 5.74) is 8.41. The Morgan fingerprint density at radius 1 is 1.04 bits per heavy atom. The zero-order valence-electron chi connectivity index (χ0n) is 16.8. The van der Waals surface area contributed by atoms with Crippen LogP contribution in [-0.2, 0) is 5.41 Å². The van der Waals surface area contributed by atoms with Crippen LogP contribution < -0.4 is 4.90 Å². The van der Waals surface area contributed by atoms with E-state index in [-0.39, 0.29) is 5.41 Å². The van der Waals surface area contributed by atoms with Gasteiger partial charge < -0.3 is 9.32 Å². The van der Waals surface area contributed by atoms with E-state index in [2.05, 4.69) is 79.2 Å². The van der Waals surface area contributed by atoms with Gasteiger partial charge in [-0.15, -0.1) is 0 Å². The van der Waals surface area contributed by atoms with Crippen molar-refractivity contribution in [3.05, 3.63) is 70.9 Å². The second kappa shape index (κ2) is 5.16. The van der Waals surface area contributed by atoms with E-state index < -0.39 is 0 Å². The largest absolute Gasteiger partial charge is 0.437 e. The van der Waals surface area contributed by atoms with Crippen LogP contribution in [0.3, 0.4) is 0 Å². The molecule has 28 heavy (non-hydrogen) atoms. The van der Waals surface area contributed by atoms with E-state index in [9.17, 15) is 0 Å². The molecule has 0 spiro atoms. The maximum Gasteiger partial charge on any atom is 0.227 e. The number of para-hydroxylation sites is 1. The monoisotopic (exact) mass is 368 g/mol. The molecule has 2 aliphatic rings. The van der Waals surface area contributed by atoms with Crippen molar-refractivity contribution in [2.24, 2.45) is 0 Å². The molecule has 140 valence electrons. The van der Waals surface area contributed by atoms with Crippen LogP contribution in [-0.4, -0.2) is 17.6 Å². The standard InChI is InChI=1S/C25H24N2O/c1-14-9-11-17-18-12-10-15(2)26-24(18)28-23(17)21(14)22-16(3)27-13-25(22,4)19-7-5-6-8-20(19)27/h5-12,16,22H,13H2,1-4H3/t16-,22?,25?/m1/s1. The highest BCUT2D eigenvalue weighted by Gasteiger charge is 2.56. The zero-order chi connectivity index (χ0) is 19.2. The summed E-state index contributed by atoms with van der Waals surface area (Å²) < 4.78 is 6.42. The molecule has 2 aromatic heterocycles. The molecule has 3 atom stereocenters. The highest BCUT2D eigenvalue weighted by molar-refractivity contribution is 6.05. The van der Waals surface area contributed by atoms with Crippen molar-refractivity contribution in [3.8, 4) is 0 Å². The van der Waals surface area contributed by atoms with Crippen molar-refractivity contribution in [3.63, 3.8) is 0 Å². The number of furan rings is 1. The molecule has 6 rings (SSSR count). The minimum absolute atomic E-state index is 0.0946. The number of hydrogen-bond acceptors (Lipinski definition) is 3. The van der Waals surface area contributed by atoms with Gasteiger partial charge in [0.05, 0.1) is 0 Å². The average molecular weight is 368 g/mol. The molecule has 4 heterocycles. The molecular weight excluding hydrogens is 344 g/mol. The number of nitrogens with zero attached hydrogens (tertiary/aromatic N) is 2. The lowest BCUT2D eigenvalue weighted by molar-refractivity contribution is 0.433. The van der Waals surface area contributed by atoms with E-state index >= 15 is 0 Å². The number of pyridine rings is 1. The topological polar surface area (TPSA) is 29.3 Å². The van der Waals surface area contributed by atoms with Gasteiger partial charge in [-0.1, -0.05) is 37.3 Å². The van der Waals surface area contributed by atoms with Crippen molar-refractivity contribution in [1.82, 2.24) is 4.98 Å². The third-order valence-electron chi connectivity index (χ3n) is 7.20. The molecule has 0 saturated carbocycles. The fourth-order valence-corrected chi connectivity index (χ4v) is 5.95. The highest BCUT2D eigenvalue weighted by atomic mass is 16.3. The Balaban J connectivity index is 1.65. The number of hydrogen-bond donors (Lipinski definition) is 0. The van der Waals surface area contributed by atoms with Crippen LogP contribution in [0.5, 0.6) is 0 Å². The second-order valence-electron chi connectivity index (χ2n) is 8.86. The van der Waals surface area contributed by atoms with Crippen molar-refractivity contribution in [1.29, 1.82) is 0 Å². The average Bonchev–Trinajstić information content (AvgIpc) is 3.27. The number of fused-ring (bicyclic) bond motifs is 8. The maximum absolute atomic E-state index is 6.42. The van der Waals surface area contributed by atoms with Gasteiger partial charge in [0.2, 0.25) is 5.71 Å². The van der Waals surface area contributed by atoms with Gasteiger partial charge in [-0.3, -0.25) is 0 Å². The molecule has 3 nitrogen and oxygen atoms in total. The third kappa shape index (κ3) is 1.82. The Morgan fingerprint density at radius 3 is 2.68 bits per heavy atom. The summed E-state index contributed by atoms with van der Waals surface area (Å²) in [6, 6.07) is 18.0. The summed E-state index contributed by atoms with van der Waals surface area (Å²) in [4.78, 5) is 7.24. The Bertz CT molecular complexity index is 1270. The molecule has 2 aliphatic heterocycles. The smallest absolute Gasteiger partial charge is 0.227 e. The fraction of sp³-hybridized carbons (Fsp3) is 0.320. The van der Waals surface area contributed by atoms with E-state index in [0.29, 0.717) is 12.0 Å². The quantitative estimate of drug-likeness (QED) is 0.421. The third-order valence-corrected chi connectivity index (χ3v) is 7.20. The lowest BCUT2D eigenvalue weighted by Crippen LogP contribution is -2.35. The maximum atomic E-state index is 6.42. The molecule has 0 radical (unpaired) electrons. The SMILES string of the molecule is Cc1ccc2c(n1)oc1c(C3[C@@H](C)N4CC3(C)c3ccccc34)c(C)ccc12. The Labute approximate surface area is 165 Å². The van der Waals surface area contributed by atoms with Gasteiger partial charge in [-0.05, 0) is 50.1 Å². The predicted octanol–water partition coefficient (Wildman–Crippen LogP) is 5.86. The van der Waals surface area contributed by atoms with E-state index in [4.69, 9.17) is 4.42 Å². The van der Waals surface area contributed by atoms with Crippen LogP contribution in [0.15, 0.2) is 52.9 Å². The summed E-state index contributed by atoms with van der Waals surface area (Å²) in [6.45, 7) is 10.1. The van der Waals surface area contributed by atoms with Crippen LogP contribution in [0.4, 0.5) is 5.69 Å². The van der Waals surface area contributed by atoms with Crippen molar-refractivity contribution in [2.75, 3.05) is 11.4 Å². The molecule has 2 aromatic carbocycles. The molecule has 0 N–H and O–H groups in total. The Kier molecular flexibility index (Phi) is 2.98. The van der Waals surface area contributed by atoms with Crippen LogP contribution in [0.2, 0.25) is 0 Å². The summed E-state index contributed by atoms with van der Waals surface area (Å²) in [5.74, 6) is 0.396. The zero-order valence-corrected chi connectivity index (χ0v) is 16.8. The second-order valence-corrected chi connectivity index (χ2v) is 8.86. The van der Waals surface area contributed by atoms with Gasteiger partial charge in [0.1, 0.15) is 5.58 Å². The minimum atomic E-state index is 0.0946. The molecule has 1 fully saturated rings. The molecule has 0 amide bonds. The highest BCUT2D eigenvalue weighted by Crippen LogP contribution is 2.59. The number of rotatable bonds is 1. The molecule has 1 saturated heterocycles. The van der Waals surface area contributed by atoms with Crippen LogP contribution in [0, 0.1) is 13.8 Å². The first-order valence-corrected chi connectivity index (χ1v) is 10.1. The van der Waals surface area contributed by atoms with Crippen molar-refractivity contribution < 1.29 is 4.42 Å². The van der Waals surface area contributed by atoms with Gasteiger partial charge in [0.25, 0.3) is 0 Å². The van der Waals surface area contributed by atoms with E-state index in [1.165, 1.54) is 27.8 Å². The van der Waals surface area contributed by atoms with Crippen molar-refractivity contribution in [2.45, 2.75) is 45.1 Å². The molecule has 0 aliphatic carbocycles. The van der Waals surface area contributed by atoms with E-state index in [1.54, 1.807) is 0 Å². The summed E-state index contributed by atoms with van der Waals surface area (Å²) in [6.07, 6.45) is 0. The summed E-state index contributed by atoms with van der Waals surface area (Å²) in [5, 5.41) is 2.30. The number of aryl methyl sites for hydroxylation is 2. The van der Waals surface area contributed by atoms with Gasteiger partial charge in [0.15, 0.2) is 0 Å². The van der Waals surface area contributed by atoms with Crippen LogP contribution >= 0.6 is 0 Å². The van der Waals surface area contributed by atoms with Gasteiger partial charge >= 0.3 is 0 Å². The Hall–Kier alpha value is -2.81. The molecular formula is C25H24N2O. The number of anilines is 1. The lowest BCUT2D eigenvalue weighted by Gasteiger charge is -2.38. The van der Waals surface area contributed by atoms with E-state index in [0.717, 1.165) is 28.9 Å². The van der Waals surface area contributed by atoms with Gasteiger partial charge in [-0.2, -0.15) is 0 Å². The Morgan fingerprint density at radius 2 is 1.82 bits per heavy atom. The number of benzene rings is 2. The molecule has 4 aromatic rings. The van der Waals surface area contributed by atoms with E-state index in [1.807, 2.05) is 6.92 Å². The first kappa shape index (κ1) is 16.2. The first-order chi connectivity index (χ1) is 13.5. The van der Waals surface area contributed by atoms with Crippen LogP contribution in [0.1, 0.15) is 42.1 Å². The van der Waals surface area contributed by atoms with Gasteiger partial charge in [-0.25, -0.2) is 4.98 Å². The minimum Gasteiger partial charge on any atom is -0.437 e. The molecule has 3 heteroatoms. The normalized spacial score (nSPS) is 25.8. The van der Waals surface area contributed by atoms with Crippen molar-refractivity contribution >= 4 is 27.8 Å². The first-order valence-electron chi connectivity index (χ1n) is 10.1. The molecule has 2 unspecified atom stereocenters. The predicted molar refractivity (Wildman–Crippen MR) is 114 cm³/mol. The van der Waals surface area contributed by atoms with Gasteiger partial charge in [0, 0.05) is 51.6 Å². The fourth-order valence-electron chi connectivity index (χ4n) is 5.95. The summed E-state index contributed by atoms with van der Waals surface area (Å²) in [7, 11) is 0. The lowest BCUT2D eigenvalue weighted by atomic mass is 9.67.